The maximum Gasteiger partial charge on any atom is 0.264 e. The fourth-order valence-corrected chi connectivity index (χ4v) is 2.26. The van der Waals surface area contributed by atoms with Crippen LogP contribution in [0.5, 0.6) is 0 Å². The second kappa shape index (κ2) is 5.21. The van der Waals surface area contributed by atoms with Gasteiger partial charge in [-0.15, -0.1) is 0 Å². The average Bonchev–Trinajstić information content (AvgIpc) is 3.08. The molecule has 1 amide bonds. The number of hydrogen-bond donors (Lipinski definition) is 1. The fourth-order valence-electron chi connectivity index (χ4n) is 2.06. The Labute approximate surface area is 116 Å². The summed E-state index contributed by atoms with van der Waals surface area (Å²) in [6.45, 7) is 0. The summed E-state index contributed by atoms with van der Waals surface area (Å²) in [4.78, 5) is 17.0. The van der Waals surface area contributed by atoms with Crippen LogP contribution in [0.1, 0.15) is 24.8 Å². The molecule has 1 aliphatic heterocycles. The van der Waals surface area contributed by atoms with E-state index in [2.05, 4.69) is 10.5 Å². The first-order chi connectivity index (χ1) is 9.22. The Morgan fingerprint density at radius 3 is 2.95 bits per heavy atom. The zero-order chi connectivity index (χ0) is 13.2. The van der Waals surface area contributed by atoms with Gasteiger partial charge in [-0.2, -0.15) is 0 Å². The second-order valence-electron chi connectivity index (χ2n) is 5.01. The SMILES string of the molecule is O=C(NC1CC1)C1CC(Cc2ccccc2Cl)=NO1. The molecule has 0 radical (unpaired) electrons. The molecule has 0 bridgehead atoms. The summed E-state index contributed by atoms with van der Waals surface area (Å²) < 4.78 is 0. The first-order valence-electron chi connectivity index (χ1n) is 6.48. The third kappa shape index (κ3) is 3.07. The molecule has 5 heteroatoms. The first kappa shape index (κ1) is 12.5. The van der Waals surface area contributed by atoms with Crippen LogP contribution in [0.25, 0.3) is 0 Å². The summed E-state index contributed by atoms with van der Waals surface area (Å²) >= 11 is 6.10. The maximum absolute atomic E-state index is 11.8. The van der Waals surface area contributed by atoms with E-state index in [-0.39, 0.29) is 5.91 Å². The molecule has 1 fully saturated rings. The average molecular weight is 279 g/mol. The number of oxime groups is 1. The van der Waals surface area contributed by atoms with Crippen LogP contribution in [-0.4, -0.2) is 23.8 Å². The Kier molecular flexibility index (Phi) is 3.42. The van der Waals surface area contributed by atoms with E-state index in [4.69, 9.17) is 16.4 Å². The van der Waals surface area contributed by atoms with Crippen LogP contribution >= 0.6 is 11.6 Å². The first-order valence-corrected chi connectivity index (χ1v) is 6.85. The summed E-state index contributed by atoms with van der Waals surface area (Å²) in [5.41, 5.74) is 1.87. The molecule has 0 aromatic heterocycles. The van der Waals surface area contributed by atoms with Crippen LogP contribution in [-0.2, 0) is 16.1 Å². The number of nitrogens with one attached hydrogen (secondary N) is 1. The van der Waals surface area contributed by atoms with E-state index < -0.39 is 6.10 Å². The highest BCUT2D eigenvalue weighted by Crippen LogP contribution is 2.22. The van der Waals surface area contributed by atoms with Crippen molar-refractivity contribution < 1.29 is 9.63 Å². The number of amides is 1. The van der Waals surface area contributed by atoms with Crippen LogP contribution in [0.3, 0.4) is 0 Å². The molecule has 0 spiro atoms. The number of carbonyl (C=O) groups is 1. The Balaban J connectivity index is 1.56. The number of carbonyl (C=O) groups excluding carboxylic acids is 1. The lowest BCUT2D eigenvalue weighted by Crippen LogP contribution is -2.36. The van der Waals surface area contributed by atoms with Gasteiger partial charge in [0.25, 0.3) is 5.91 Å². The molecule has 19 heavy (non-hydrogen) atoms. The van der Waals surface area contributed by atoms with E-state index in [0.717, 1.165) is 29.1 Å². The number of nitrogens with zero attached hydrogens (tertiary/aromatic N) is 1. The Hall–Kier alpha value is -1.55. The molecule has 1 aliphatic carbocycles. The quantitative estimate of drug-likeness (QED) is 0.919. The number of hydrogen-bond acceptors (Lipinski definition) is 3. The lowest BCUT2D eigenvalue weighted by atomic mass is 10.0. The summed E-state index contributed by atoms with van der Waals surface area (Å²) in [6.07, 6.45) is 2.85. The molecule has 1 aromatic rings. The van der Waals surface area contributed by atoms with Gasteiger partial charge in [0.1, 0.15) is 0 Å². The number of rotatable bonds is 4. The van der Waals surface area contributed by atoms with Gasteiger partial charge in [-0.25, -0.2) is 0 Å². The zero-order valence-corrected chi connectivity index (χ0v) is 11.2. The van der Waals surface area contributed by atoms with Gasteiger partial charge in [-0.3, -0.25) is 4.79 Å². The van der Waals surface area contributed by atoms with Crippen molar-refractivity contribution in [3.05, 3.63) is 34.9 Å². The lowest BCUT2D eigenvalue weighted by Gasteiger charge is -2.08. The van der Waals surface area contributed by atoms with Gasteiger partial charge < -0.3 is 10.2 Å². The van der Waals surface area contributed by atoms with Crippen LogP contribution in [0.4, 0.5) is 0 Å². The predicted octanol–water partition coefficient (Wildman–Crippen LogP) is 2.31. The minimum Gasteiger partial charge on any atom is -0.382 e. The Bertz CT molecular complexity index is 526. The van der Waals surface area contributed by atoms with E-state index in [1.54, 1.807) is 0 Å². The molecule has 100 valence electrons. The van der Waals surface area contributed by atoms with Crippen LogP contribution in [0.15, 0.2) is 29.4 Å². The van der Waals surface area contributed by atoms with Crippen molar-refractivity contribution in [2.45, 2.75) is 37.8 Å². The monoisotopic (exact) mass is 278 g/mol. The van der Waals surface area contributed by atoms with Crippen molar-refractivity contribution in [1.82, 2.24) is 5.32 Å². The molecule has 1 saturated carbocycles. The summed E-state index contributed by atoms with van der Waals surface area (Å²) in [5.74, 6) is -0.0552. The van der Waals surface area contributed by atoms with Gasteiger partial charge in [0.15, 0.2) is 0 Å². The van der Waals surface area contributed by atoms with Gasteiger partial charge in [-0.05, 0) is 24.5 Å². The maximum atomic E-state index is 11.8. The van der Waals surface area contributed by atoms with Gasteiger partial charge >= 0.3 is 0 Å². The number of benzene rings is 1. The highest BCUT2D eigenvalue weighted by molar-refractivity contribution is 6.31. The summed E-state index contributed by atoms with van der Waals surface area (Å²) in [6, 6.07) is 8.00. The highest BCUT2D eigenvalue weighted by atomic mass is 35.5. The standard InChI is InChI=1S/C14H15ClN2O2/c15-12-4-2-1-3-9(12)7-11-8-13(19-17-11)14(18)16-10-5-6-10/h1-4,10,13H,5-8H2,(H,16,18). The van der Waals surface area contributed by atoms with Gasteiger partial charge in [-0.1, -0.05) is 35.0 Å². The van der Waals surface area contributed by atoms with E-state index >= 15 is 0 Å². The third-order valence-electron chi connectivity index (χ3n) is 3.30. The molecule has 0 saturated heterocycles. The molecular formula is C14H15ClN2O2. The van der Waals surface area contributed by atoms with Crippen LogP contribution in [0.2, 0.25) is 5.02 Å². The van der Waals surface area contributed by atoms with Crippen molar-refractivity contribution >= 4 is 23.2 Å². The molecule has 3 rings (SSSR count). The molecule has 1 N–H and O–H groups in total. The van der Waals surface area contributed by atoms with Crippen molar-refractivity contribution in [2.75, 3.05) is 0 Å². The molecule has 1 atom stereocenters. The van der Waals surface area contributed by atoms with Crippen molar-refractivity contribution in [1.29, 1.82) is 0 Å². The fraction of sp³-hybridized carbons (Fsp3) is 0.429. The van der Waals surface area contributed by atoms with Crippen molar-refractivity contribution in [3.63, 3.8) is 0 Å². The summed E-state index contributed by atoms with van der Waals surface area (Å²) in [7, 11) is 0. The molecule has 4 nitrogen and oxygen atoms in total. The van der Waals surface area contributed by atoms with Gasteiger partial charge in [0, 0.05) is 23.9 Å². The predicted molar refractivity (Wildman–Crippen MR) is 73.2 cm³/mol. The van der Waals surface area contributed by atoms with Crippen LogP contribution < -0.4 is 5.32 Å². The largest absolute Gasteiger partial charge is 0.382 e. The Morgan fingerprint density at radius 1 is 1.42 bits per heavy atom. The van der Waals surface area contributed by atoms with E-state index in [1.807, 2.05) is 24.3 Å². The minimum atomic E-state index is -0.474. The van der Waals surface area contributed by atoms with Crippen molar-refractivity contribution in [3.8, 4) is 0 Å². The highest BCUT2D eigenvalue weighted by Gasteiger charge is 2.32. The van der Waals surface area contributed by atoms with Crippen LogP contribution in [0, 0.1) is 0 Å². The topological polar surface area (TPSA) is 50.7 Å². The molecule has 1 unspecified atom stereocenters. The van der Waals surface area contributed by atoms with Crippen molar-refractivity contribution in [2.24, 2.45) is 5.16 Å². The normalized spacial score (nSPS) is 21.7. The zero-order valence-electron chi connectivity index (χ0n) is 10.4. The van der Waals surface area contributed by atoms with E-state index in [1.165, 1.54) is 0 Å². The second-order valence-corrected chi connectivity index (χ2v) is 5.41. The summed E-state index contributed by atoms with van der Waals surface area (Å²) in [5, 5.41) is 7.65. The molecule has 2 aliphatic rings. The minimum absolute atomic E-state index is 0.0552. The van der Waals surface area contributed by atoms with Gasteiger partial charge in [0.2, 0.25) is 6.10 Å². The van der Waals surface area contributed by atoms with E-state index in [9.17, 15) is 4.79 Å². The smallest absolute Gasteiger partial charge is 0.264 e. The molecule has 1 heterocycles. The third-order valence-corrected chi connectivity index (χ3v) is 3.67. The molecule has 1 aromatic carbocycles. The number of halogens is 1. The van der Waals surface area contributed by atoms with Gasteiger partial charge in [0.05, 0.1) is 5.71 Å². The van der Waals surface area contributed by atoms with E-state index in [0.29, 0.717) is 18.9 Å². The Morgan fingerprint density at radius 2 is 2.21 bits per heavy atom. The lowest BCUT2D eigenvalue weighted by molar-refractivity contribution is -0.131. The molecular weight excluding hydrogens is 264 g/mol.